The summed E-state index contributed by atoms with van der Waals surface area (Å²) >= 11 is 0. The zero-order valence-electron chi connectivity index (χ0n) is 15.7. The molecule has 138 valence electrons. The zero-order valence-corrected chi connectivity index (χ0v) is 15.7. The van der Waals surface area contributed by atoms with Crippen molar-refractivity contribution in [3.8, 4) is 0 Å². The van der Waals surface area contributed by atoms with E-state index >= 15 is 0 Å². The Hall–Kier alpha value is -2.43. The number of ether oxygens (including phenoxy) is 1. The molecule has 0 spiro atoms. The lowest BCUT2D eigenvalue weighted by Gasteiger charge is -2.24. The van der Waals surface area contributed by atoms with Crippen molar-refractivity contribution in [2.45, 2.75) is 52.5 Å². The first kappa shape index (κ1) is 18.4. The molecule has 2 aromatic rings. The number of hydrogen-bond acceptors (Lipinski definition) is 4. The van der Waals surface area contributed by atoms with Gasteiger partial charge in [-0.3, -0.25) is 9.78 Å². The summed E-state index contributed by atoms with van der Waals surface area (Å²) in [6, 6.07) is 7.70. The second-order valence-corrected chi connectivity index (χ2v) is 7.23. The van der Waals surface area contributed by atoms with Crippen LogP contribution in [0.15, 0.2) is 24.3 Å². The molecule has 26 heavy (non-hydrogen) atoms. The maximum atomic E-state index is 12.9. The smallest absolute Gasteiger partial charge is 0.339 e. The minimum Gasteiger partial charge on any atom is -0.452 e. The quantitative estimate of drug-likeness (QED) is 0.835. The zero-order chi connectivity index (χ0) is 18.7. The number of aryl methyl sites for hydroxylation is 1. The molecule has 1 aliphatic carbocycles. The third kappa shape index (κ3) is 3.87. The number of hydrogen-bond donors (Lipinski definition) is 1. The van der Waals surface area contributed by atoms with Crippen molar-refractivity contribution in [3.05, 3.63) is 41.1 Å². The molecule has 1 aromatic heterocycles. The average molecular weight is 354 g/mol. The van der Waals surface area contributed by atoms with Gasteiger partial charge in [0.25, 0.3) is 5.91 Å². The molecule has 0 radical (unpaired) electrons. The highest BCUT2D eigenvalue weighted by atomic mass is 16.5. The van der Waals surface area contributed by atoms with E-state index in [1.807, 2.05) is 38.1 Å². The maximum Gasteiger partial charge on any atom is 0.339 e. The average Bonchev–Trinajstić information content (AvgIpc) is 2.64. The van der Waals surface area contributed by atoms with E-state index in [2.05, 4.69) is 12.2 Å². The van der Waals surface area contributed by atoms with Gasteiger partial charge in [0, 0.05) is 17.1 Å². The molecule has 1 aromatic carbocycles. The Kier molecular flexibility index (Phi) is 5.55. The summed E-state index contributed by atoms with van der Waals surface area (Å²) in [6.07, 6.45) is 3.59. The number of pyridine rings is 1. The number of carbonyl (C=O) groups excluding carboxylic acids is 2. The minimum atomic E-state index is -0.437. The van der Waals surface area contributed by atoms with Gasteiger partial charge in [-0.2, -0.15) is 0 Å². The highest BCUT2D eigenvalue weighted by molar-refractivity contribution is 6.05. The number of amides is 1. The fraction of sp³-hybridized carbons (Fsp3) is 0.476. The highest BCUT2D eigenvalue weighted by Gasteiger charge is 2.26. The molecule has 3 rings (SSSR count). The van der Waals surface area contributed by atoms with Crippen molar-refractivity contribution in [2.24, 2.45) is 5.92 Å². The number of rotatable bonds is 5. The molecule has 0 bridgehead atoms. The van der Waals surface area contributed by atoms with E-state index < -0.39 is 5.97 Å². The van der Waals surface area contributed by atoms with Crippen LogP contribution in [0.5, 0.6) is 0 Å². The molecule has 5 nitrogen and oxygen atoms in total. The summed E-state index contributed by atoms with van der Waals surface area (Å²) < 4.78 is 5.37. The van der Waals surface area contributed by atoms with Crippen LogP contribution in [-0.4, -0.2) is 29.5 Å². The first-order chi connectivity index (χ1) is 12.5. The lowest BCUT2D eigenvalue weighted by molar-refractivity contribution is -0.124. The second kappa shape index (κ2) is 7.85. The standard InChI is InChI=1S/C21H26N2O3/c1-4-14(3)22-19(24)12-26-21(25)20-15-7-5-6-8-17(15)23-18-10-9-13(2)11-16(18)20/h5-8,13-14H,4,9-12H2,1-3H3,(H,22,24)/t13-,14+/m0/s1. The minimum absolute atomic E-state index is 0.0663. The van der Waals surface area contributed by atoms with E-state index in [1.165, 1.54) is 0 Å². The SMILES string of the molecule is CC[C@@H](C)NC(=O)COC(=O)c1c2c(nc3ccccc13)CC[C@H](C)C2. The Morgan fingerprint density at radius 2 is 2.12 bits per heavy atom. The largest absolute Gasteiger partial charge is 0.452 e. The van der Waals surface area contributed by atoms with Crippen molar-refractivity contribution in [3.63, 3.8) is 0 Å². The van der Waals surface area contributed by atoms with Crippen LogP contribution in [0.25, 0.3) is 10.9 Å². The number of fused-ring (bicyclic) bond motifs is 2. The Labute approximate surface area is 154 Å². The van der Waals surface area contributed by atoms with Crippen molar-refractivity contribution in [2.75, 3.05) is 6.61 Å². The lowest BCUT2D eigenvalue weighted by Crippen LogP contribution is -2.35. The van der Waals surface area contributed by atoms with Crippen molar-refractivity contribution < 1.29 is 14.3 Å². The first-order valence-corrected chi connectivity index (χ1v) is 9.36. The summed E-state index contributed by atoms with van der Waals surface area (Å²) in [4.78, 5) is 29.6. The van der Waals surface area contributed by atoms with Gasteiger partial charge in [0.2, 0.25) is 0 Å². The molecular formula is C21H26N2O3. The van der Waals surface area contributed by atoms with Crippen molar-refractivity contribution >= 4 is 22.8 Å². The number of benzene rings is 1. The summed E-state index contributed by atoms with van der Waals surface area (Å²) in [5, 5.41) is 3.61. The van der Waals surface area contributed by atoms with Gasteiger partial charge in [-0.1, -0.05) is 32.0 Å². The molecule has 1 N–H and O–H groups in total. The van der Waals surface area contributed by atoms with Crippen molar-refractivity contribution in [1.29, 1.82) is 0 Å². The Bertz CT molecular complexity index is 831. The fourth-order valence-electron chi connectivity index (χ4n) is 3.42. The van der Waals surface area contributed by atoms with E-state index in [0.717, 1.165) is 47.8 Å². The van der Waals surface area contributed by atoms with Crippen molar-refractivity contribution in [1.82, 2.24) is 10.3 Å². The predicted octanol–water partition coefficient (Wildman–Crippen LogP) is 3.43. The normalized spacial score (nSPS) is 17.4. The van der Waals surface area contributed by atoms with Crippen LogP contribution in [-0.2, 0) is 22.4 Å². The Morgan fingerprint density at radius 3 is 2.88 bits per heavy atom. The van der Waals surface area contributed by atoms with E-state index in [-0.39, 0.29) is 18.6 Å². The highest BCUT2D eigenvalue weighted by Crippen LogP contribution is 2.31. The van der Waals surface area contributed by atoms with Crippen LogP contribution >= 0.6 is 0 Å². The lowest BCUT2D eigenvalue weighted by atomic mass is 9.84. The third-order valence-electron chi connectivity index (χ3n) is 5.06. The van der Waals surface area contributed by atoms with Gasteiger partial charge in [0.15, 0.2) is 6.61 Å². The van der Waals surface area contributed by atoms with Gasteiger partial charge in [-0.15, -0.1) is 0 Å². The molecule has 0 saturated carbocycles. The van der Waals surface area contributed by atoms with Gasteiger partial charge < -0.3 is 10.1 Å². The number of esters is 1. The second-order valence-electron chi connectivity index (χ2n) is 7.23. The molecule has 0 unspecified atom stereocenters. The molecule has 1 amide bonds. The van der Waals surface area contributed by atoms with Crippen LogP contribution in [0.2, 0.25) is 0 Å². The van der Waals surface area contributed by atoms with Gasteiger partial charge >= 0.3 is 5.97 Å². The van der Waals surface area contributed by atoms with E-state index in [4.69, 9.17) is 9.72 Å². The number of aromatic nitrogens is 1. The van der Waals surface area contributed by atoms with Gasteiger partial charge in [-0.25, -0.2) is 4.79 Å². The van der Waals surface area contributed by atoms with E-state index in [9.17, 15) is 9.59 Å². The predicted molar refractivity (Wildman–Crippen MR) is 101 cm³/mol. The van der Waals surface area contributed by atoms with E-state index in [0.29, 0.717) is 11.5 Å². The number of nitrogens with one attached hydrogen (secondary N) is 1. The van der Waals surface area contributed by atoms with Crippen LogP contribution in [0, 0.1) is 5.92 Å². The Balaban J connectivity index is 1.89. The number of carbonyl (C=O) groups is 2. The topological polar surface area (TPSA) is 68.3 Å². The first-order valence-electron chi connectivity index (χ1n) is 9.36. The summed E-state index contributed by atoms with van der Waals surface area (Å²) in [7, 11) is 0. The maximum absolute atomic E-state index is 12.9. The van der Waals surface area contributed by atoms with Crippen LogP contribution < -0.4 is 5.32 Å². The van der Waals surface area contributed by atoms with Crippen LogP contribution in [0.3, 0.4) is 0 Å². The summed E-state index contributed by atoms with van der Waals surface area (Å²) in [5.41, 5.74) is 3.35. The molecule has 2 atom stereocenters. The molecule has 0 saturated heterocycles. The van der Waals surface area contributed by atoms with Gasteiger partial charge in [-0.05, 0) is 50.2 Å². The molecule has 0 fully saturated rings. The van der Waals surface area contributed by atoms with Crippen LogP contribution in [0.4, 0.5) is 0 Å². The van der Waals surface area contributed by atoms with Crippen LogP contribution in [0.1, 0.15) is 55.2 Å². The summed E-state index contributed by atoms with van der Waals surface area (Å²) in [5.74, 6) is -0.202. The van der Waals surface area contributed by atoms with E-state index in [1.54, 1.807) is 0 Å². The summed E-state index contributed by atoms with van der Waals surface area (Å²) in [6.45, 7) is 5.85. The number of para-hydroxylation sites is 1. The fourth-order valence-corrected chi connectivity index (χ4v) is 3.42. The number of nitrogens with zero attached hydrogens (tertiary/aromatic N) is 1. The molecular weight excluding hydrogens is 328 g/mol. The Morgan fingerprint density at radius 1 is 1.35 bits per heavy atom. The van der Waals surface area contributed by atoms with Gasteiger partial charge in [0.05, 0.1) is 11.1 Å². The monoisotopic (exact) mass is 354 g/mol. The third-order valence-corrected chi connectivity index (χ3v) is 5.06. The van der Waals surface area contributed by atoms with Gasteiger partial charge in [0.1, 0.15) is 0 Å². The molecule has 1 aliphatic rings. The molecule has 0 aliphatic heterocycles. The molecule has 1 heterocycles. The molecule has 5 heteroatoms.